The molecule has 6 heteroatoms. The summed E-state index contributed by atoms with van der Waals surface area (Å²) in [5.74, 6) is 0.112. The van der Waals surface area contributed by atoms with Gasteiger partial charge in [0.05, 0.1) is 13.0 Å². The van der Waals surface area contributed by atoms with Crippen molar-refractivity contribution in [2.75, 3.05) is 13.1 Å². The molecule has 96 valence electrons. The lowest BCUT2D eigenvalue weighted by atomic mass is 10.3. The molecule has 6 nitrogen and oxygen atoms in total. The minimum absolute atomic E-state index is 0.156. The predicted octanol–water partition coefficient (Wildman–Crippen LogP) is 1.16. The molecule has 0 fully saturated rings. The van der Waals surface area contributed by atoms with Gasteiger partial charge in [-0.05, 0) is 20.4 Å². The Morgan fingerprint density at radius 2 is 2.29 bits per heavy atom. The lowest BCUT2D eigenvalue weighted by Gasteiger charge is -2.19. The number of carboxylic acid groups (broad SMARTS) is 1. The van der Waals surface area contributed by atoms with Crippen molar-refractivity contribution in [3.05, 3.63) is 12.2 Å². The Bertz CT molecular complexity index is 362. The molecular weight excluding hydrogens is 220 g/mol. The number of carbonyl (C=O) groups is 1. The van der Waals surface area contributed by atoms with Crippen molar-refractivity contribution in [3.63, 3.8) is 0 Å². The van der Waals surface area contributed by atoms with Crippen LogP contribution in [0.4, 0.5) is 0 Å². The molecule has 0 aliphatic carbocycles. The van der Waals surface area contributed by atoms with E-state index in [0.717, 1.165) is 12.4 Å². The van der Waals surface area contributed by atoms with Gasteiger partial charge in [0.1, 0.15) is 12.2 Å². The van der Waals surface area contributed by atoms with Gasteiger partial charge in [0, 0.05) is 12.6 Å². The number of nitrogens with zero attached hydrogens (tertiary/aromatic N) is 4. The largest absolute Gasteiger partial charge is 0.481 e. The van der Waals surface area contributed by atoms with E-state index in [0.29, 0.717) is 13.1 Å². The molecule has 1 heterocycles. The maximum Gasteiger partial charge on any atom is 0.304 e. The van der Waals surface area contributed by atoms with Crippen LogP contribution in [0.1, 0.15) is 39.1 Å². The van der Waals surface area contributed by atoms with Crippen molar-refractivity contribution >= 4 is 5.97 Å². The fraction of sp³-hybridized carbons (Fsp3) is 0.727. The number of hydrogen-bond acceptors (Lipinski definition) is 4. The first kappa shape index (κ1) is 13.6. The van der Waals surface area contributed by atoms with Crippen LogP contribution in [0.25, 0.3) is 0 Å². The Kier molecular flexibility index (Phi) is 5.09. The molecule has 0 unspecified atom stereocenters. The second-order valence-electron chi connectivity index (χ2n) is 4.23. The molecule has 0 aromatic carbocycles. The van der Waals surface area contributed by atoms with Gasteiger partial charge in [0.25, 0.3) is 0 Å². The second-order valence-corrected chi connectivity index (χ2v) is 4.23. The van der Waals surface area contributed by atoms with Crippen molar-refractivity contribution in [2.45, 2.75) is 39.8 Å². The minimum Gasteiger partial charge on any atom is -0.481 e. The Hall–Kier alpha value is -1.43. The number of aromatic nitrogens is 3. The Balaban J connectivity index is 2.60. The second kappa shape index (κ2) is 6.34. The molecule has 0 atom stereocenters. The number of rotatable bonds is 7. The van der Waals surface area contributed by atoms with E-state index in [4.69, 9.17) is 5.11 Å². The van der Waals surface area contributed by atoms with Gasteiger partial charge in [-0.15, -0.1) is 0 Å². The number of hydrogen-bond donors (Lipinski definition) is 1. The van der Waals surface area contributed by atoms with Crippen molar-refractivity contribution in [2.24, 2.45) is 0 Å². The average molecular weight is 240 g/mol. The van der Waals surface area contributed by atoms with Gasteiger partial charge >= 0.3 is 5.97 Å². The maximum absolute atomic E-state index is 10.5. The van der Waals surface area contributed by atoms with Gasteiger partial charge in [0.15, 0.2) is 0 Å². The predicted molar refractivity (Wildman–Crippen MR) is 63.6 cm³/mol. The topological polar surface area (TPSA) is 71.2 Å². The molecule has 1 aromatic rings. The van der Waals surface area contributed by atoms with Crippen LogP contribution in [0.2, 0.25) is 0 Å². The van der Waals surface area contributed by atoms with Crippen molar-refractivity contribution < 1.29 is 9.90 Å². The summed E-state index contributed by atoms with van der Waals surface area (Å²) >= 11 is 0. The third-order valence-corrected chi connectivity index (χ3v) is 2.59. The first-order valence-electron chi connectivity index (χ1n) is 5.87. The standard InChI is InChI=1S/C11H20N4O2/c1-4-14(6-5-11(16)17)7-10-12-8-13-15(10)9(2)3/h8-9H,4-7H2,1-3H3,(H,16,17). The van der Waals surface area contributed by atoms with E-state index in [1.165, 1.54) is 0 Å². The molecule has 0 saturated carbocycles. The molecule has 1 aromatic heterocycles. The van der Waals surface area contributed by atoms with Crippen LogP contribution < -0.4 is 0 Å². The summed E-state index contributed by atoms with van der Waals surface area (Å²) in [6, 6.07) is 0.269. The quantitative estimate of drug-likeness (QED) is 0.774. The Morgan fingerprint density at radius 3 is 2.82 bits per heavy atom. The molecule has 1 N–H and O–H groups in total. The molecule has 0 bridgehead atoms. The van der Waals surface area contributed by atoms with Gasteiger partial charge in [-0.1, -0.05) is 6.92 Å². The fourth-order valence-electron chi connectivity index (χ4n) is 1.62. The summed E-state index contributed by atoms with van der Waals surface area (Å²) in [6.07, 6.45) is 1.70. The summed E-state index contributed by atoms with van der Waals surface area (Å²) in [7, 11) is 0. The highest BCUT2D eigenvalue weighted by Crippen LogP contribution is 2.08. The monoisotopic (exact) mass is 240 g/mol. The molecule has 0 spiro atoms. The van der Waals surface area contributed by atoms with E-state index in [1.807, 2.05) is 25.5 Å². The average Bonchev–Trinajstić information content (AvgIpc) is 2.71. The van der Waals surface area contributed by atoms with Gasteiger partial charge in [-0.3, -0.25) is 9.69 Å². The highest BCUT2D eigenvalue weighted by Gasteiger charge is 2.12. The zero-order valence-corrected chi connectivity index (χ0v) is 10.6. The third-order valence-electron chi connectivity index (χ3n) is 2.59. The minimum atomic E-state index is -0.770. The Labute approximate surface area is 101 Å². The van der Waals surface area contributed by atoms with Gasteiger partial charge in [0.2, 0.25) is 0 Å². The zero-order chi connectivity index (χ0) is 12.8. The van der Waals surface area contributed by atoms with Crippen molar-refractivity contribution in [1.29, 1.82) is 0 Å². The van der Waals surface area contributed by atoms with Crippen LogP contribution in [0.15, 0.2) is 6.33 Å². The van der Waals surface area contributed by atoms with E-state index in [2.05, 4.69) is 15.0 Å². The van der Waals surface area contributed by atoms with E-state index in [-0.39, 0.29) is 12.5 Å². The van der Waals surface area contributed by atoms with Crippen LogP contribution in [0.5, 0.6) is 0 Å². The molecule has 0 aliphatic heterocycles. The van der Waals surface area contributed by atoms with Crippen LogP contribution in [-0.2, 0) is 11.3 Å². The van der Waals surface area contributed by atoms with E-state index >= 15 is 0 Å². The van der Waals surface area contributed by atoms with Gasteiger partial charge < -0.3 is 5.11 Å². The molecule has 0 saturated heterocycles. The van der Waals surface area contributed by atoms with Gasteiger partial charge in [-0.2, -0.15) is 5.10 Å². The van der Waals surface area contributed by atoms with Crippen molar-refractivity contribution in [3.8, 4) is 0 Å². The third kappa shape index (κ3) is 4.14. The summed E-state index contributed by atoms with van der Waals surface area (Å²) in [4.78, 5) is 16.8. The zero-order valence-electron chi connectivity index (χ0n) is 10.6. The van der Waals surface area contributed by atoms with Gasteiger partial charge in [-0.25, -0.2) is 9.67 Å². The highest BCUT2D eigenvalue weighted by molar-refractivity contribution is 5.66. The van der Waals surface area contributed by atoms with Crippen LogP contribution in [0, 0.1) is 0 Å². The summed E-state index contributed by atoms with van der Waals surface area (Å²) in [5, 5.41) is 12.8. The van der Waals surface area contributed by atoms with E-state index in [1.54, 1.807) is 6.33 Å². The number of aliphatic carboxylic acids is 1. The van der Waals surface area contributed by atoms with E-state index in [9.17, 15) is 4.79 Å². The summed E-state index contributed by atoms with van der Waals surface area (Å²) < 4.78 is 1.86. The van der Waals surface area contributed by atoms with Crippen LogP contribution >= 0.6 is 0 Å². The molecule has 1 rings (SSSR count). The molecule has 17 heavy (non-hydrogen) atoms. The first-order chi connectivity index (χ1) is 8.04. The molecule has 0 aliphatic rings. The molecule has 0 radical (unpaired) electrons. The molecular formula is C11H20N4O2. The first-order valence-corrected chi connectivity index (χ1v) is 5.87. The van der Waals surface area contributed by atoms with Crippen molar-refractivity contribution in [1.82, 2.24) is 19.7 Å². The van der Waals surface area contributed by atoms with Crippen LogP contribution in [-0.4, -0.2) is 43.8 Å². The fourth-order valence-corrected chi connectivity index (χ4v) is 1.62. The SMILES string of the molecule is CCN(CCC(=O)O)Cc1ncnn1C(C)C. The molecule has 0 amide bonds. The lowest BCUT2D eigenvalue weighted by Crippen LogP contribution is -2.27. The number of carboxylic acids is 1. The van der Waals surface area contributed by atoms with Crippen LogP contribution in [0.3, 0.4) is 0 Å². The summed E-state index contributed by atoms with van der Waals surface area (Å²) in [6.45, 7) is 8.09. The summed E-state index contributed by atoms with van der Waals surface area (Å²) in [5.41, 5.74) is 0. The van der Waals surface area contributed by atoms with E-state index < -0.39 is 5.97 Å². The smallest absolute Gasteiger partial charge is 0.304 e. The highest BCUT2D eigenvalue weighted by atomic mass is 16.4. The normalized spacial score (nSPS) is 11.4. The lowest BCUT2D eigenvalue weighted by molar-refractivity contribution is -0.137. The Morgan fingerprint density at radius 1 is 1.59 bits per heavy atom. The maximum atomic E-state index is 10.5.